The maximum absolute atomic E-state index is 13.1. The predicted octanol–water partition coefficient (Wildman–Crippen LogP) is 3.26. The first-order chi connectivity index (χ1) is 11.7. The van der Waals surface area contributed by atoms with Gasteiger partial charge in [-0.05, 0) is 38.5 Å². The molecule has 0 radical (unpaired) electrons. The minimum atomic E-state index is -0.646. The topological polar surface area (TPSA) is 67.6 Å². The van der Waals surface area contributed by atoms with Gasteiger partial charge in [0.25, 0.3) is 0 Å². The van der Waals surface area contributed by atoms with Crippen LogP contribution in [0.15, 0.2) is 30.6 Å². The zero-order valence-electron chi connectivity index (χ0n) is 14.6. The second-order valence-corrected chi connectivity index (χ2v) is 7.37. The quantitative estimate of drug-likeness (QED) is 0.925. The van der Waals surface area contributed by atoms with Crippen molar-refractivity contribution < 1.29 is 19.0 Å². The van der Waals surface area contributed by atoms with Gasteiger partial charge in [0.15, 0.2) is 11.6 Å². The normalized spacial score (nSPS) is 15.1. The Balaban J connectivity index is 1.55. The first-order valence-electron chi connectivity index (χ1n) is 8.20. The zero-order chi connectivity index (χ0) is 18.2. The summed E-state index contributed by atoms with van der Waals surface area (Å²) < 4.78 is 20.3. The molecule has 3 rings (SSSR count). The Kier molecular flexibility index (Phi) is 4.41. The number of carbonyl (C=O) groups is 1. The lowest BCUT2D eigenvalue weighted by molar-refractivity contribution is -0.00383. The van der Waals surface area contributed by atoms with Crippen molar-refractivity contribution in [3.63, 3.8) is 0 Å². The van der Waals surface area contributed by atoms with E-state index in [1.165, 1.54) is 12.1 Å². The summed E-state index contributed by atoms with van der Waals surface area (Å²) in [5.41, 5.74) is 1.02. The minimum absolute atomic E-state index is 0.285. The molecule has 0 spiro atoms. The van der Waals surface area contributed by atoms with Crippen molar-refractivity contribution in [2.45, 2.75) is 32.9 Å². The van der Waals surface area contributed by atoms with Crippen molar-refractivity contribution in [1.29, 1.82) is 0 Å². The van der Waals surface area contributed by atoms with Gasteiger partial charge < -0.3 is 14.7 Å². The molecule has 1 fully saturated rings. The Hall–Kier alpha value is -2.57. The number of rotatable bonds is 3. The molecule has 1 aromatic carbocycles. The number of phenols is 1. The molecule has 1 N–H and O–H groups in total. The van der Waals surface area contributed by atoms with Crippen LogP contribution in [0.5, 0.6) is 5.75 Å². The van der Waals surface area contributed by atoms with Crippen LogP contribution in [0, 0.1) is 11.7 Å². The van der Waals surface area contributed by atoms with Crippen molar-refractivity contribution in [2.24, 2.45) is 5.92 Å². The van der Waals surface area contributed by atoms with E-state index in [-0.39, 0.29) is 11.8 Å². The van der Waals surface area contributed by atoms with Crippen LogP contribution in [0.1, 0.15) is 20.8 Å². The van der Waals surface area contributed by atoms with Crippen molar-refractivity contribution in [2.75, 3.05) is 13.1 Å². The van der Waals surface area contributed by atoms with Crippen molar-refractivity contribution in [3.05, 3.63) is 36.4 Å². The maximum Gasteiger partial charge on any atom is 0.410 e. The molecule has 0 aliphatic carbocycles. The van der Waals surface area contributed by atoms with Gasteiger partial charge in [0.2, 0.25) is 0 Å². The number of nitrogens with zero attached hydrogens (tertiary/aromatic N) is 3. The van der Waals surface area contributed by atoms with Crippen LogP contribution in [0.25, 0.3) is 11.1 Å². The van der Waals surface area contributed by atoms with Gasteiger partial charge >= 0.3 is 6.09 Å². The molecule has 2 aromatic rings. The molecule has 1 amide bonds. The van der Waals surface area contributed by atoms with E-state index in [1.54, 1.807) is 21.8 Å². The summed E-state index contributed by atoms with van der Waals surface area (Å²) in [6.45, 7) is 7.51. The van der Waals surface area contributed by atoms with Gasteiger partial charge in [0.1, 0.15) is 5.60 Å². The Bertz CT molecular complexity index is 776. The lowest BCUT2D eigenvalue weighted by Gasteiger charge is -2.39. The second-order valence-electron chi connectivity index (χ2n) is 7.37. The number of phenolic OH excluding ortho intramolecular Hbond substituents is 1. The fourth-order valence-corrected chi connectivity index (χ4v) is 2.73. The van der Waals surface area contributed by atoms with Crippen LogP contribution in [0.3, 0.4) is 0 Å². The molecule has 1 aromatic heterocycles. The standard InChI is InChI=1S/C18H22FN3O3/c1-18(2,3)25-17(24)21-8-12(9-21)10-22-11-14(7-20-22)13-4-5-15(19)16(23)6-13/h4-7,11-12,23H,8-10H2,1-3H3. The third-order valence-corrected chi connectivity index (χ3v) is 3.97. The first kappa shape index (κ1) is 17.3. The molecular formula is C18H22FN3O3. The molecule has 7 heteroatoms. The minimum Gasteiger partial charge on any atom is -0.505 e. The third kappa shape index (κ3) is 4.10. The Morgan fingerprint density at radius 1 is 1.36 bits per heavy atom. The third-order valence-electron chi connectivity index (χ3n) is 3.97. The summed E-state index contributed by atoms with van der Waals surface area (Å²) in [6, 6.07) is 4.21. The Labute approximate surface area is 145 Å². The number of benzene rings is 1. The molecule has 1 aliphatic heterocycles. The number of hydrogen-bond acceptors (Lipinski definition) is 4. The second kappa shape index (κ2) is 6.38. The van der Waals surface area contributed by atoms with Crippen LogP contribution in [0.4, 0.5) is 9.18 Å². The van der Waals surface area contributed by atoms with E-state index >= 15 is 0 Å². The summed E-state index contributed by atoms with van der Waals surface area (Å²) in [4.78, 5) is 13.6. The summed E-state index contributed by atoms with van der Waals surface area (Å²) in [5, 5.41) is 13.8. The number of hydrogen-bond donors (Lipinski definition) is 1. The smallest absolute Gasteiger partial charge is 0.410 e. The SMILES string of the molecule is CC(C)(C)OC(=O)N1CC(Cn2cc(-c3ccc(F)c(O)c3)cn2)C1. The van der Waals surface area contributed by atoms with Gasteiger partial charge in [-0.25, -0.2) is 9.18 Å². The maximum atomic E-state index is 13.1. The van der Waals surface area contributed by atoms with Gasteiger partial charge in [0.05, 0.1) is 6.20 Å². The first-order valence-corrected chi connectivity index (χ1v) is 8.20. The monoisotopic (exact) mass is 347 g/mol. The highest BCUT2D eigenvalue weighted by atomic mass is 19.1. The van der Waals surface area contributed by atoms with E-state index in [0.29, 0.717) is 31.1 Å². The van der Waals surface area contributed by atoms with E-state index in [2.05, 4.69) is 5.10 Å². The number of carbonyl (C=O) groups excluding carboxylic acids is 1. The van der Waals surface area contributed by atoms with Gasteiger partial charge in [-0.1, -0.05) is 6.07 Å². The number of aromatic hydroxyl groups is 1. The van der Waals surface area contributed by atoms with Crippen molar-refractivity contribution >= 4 is 6.09 Å². The highest BCUT2D eigenvalue weighted by molar-refractivity contribution is 5.69. The molecule has 0 atom stereocenters. The van der Waals surface area contributed by atoms with Gasteiger partial charge in [-0.3, -0.25) is 4.68 Å². The van der Waals surface area contributed by atoms with Gasteiger partial charge in [-0.15, -0.1) is 0 Å². The highest BCUT2D eigenvalue weighted by Gasteiger charge is 2.33. The van der Waals surface area contributed by atoms with E-state index in [1.807, 2.05) is 27.0 Å². The largest absolute Gasteiger partial charge is 0.505 e. The lowest BCUT2D eigenvalue weighted by Crippen LogP contribution is -2.52. The highest BCUT2D eigenvalue weighted by Crippen LogP contribution is 2.26. The number of ether oxygens (including phenoxy) is 1. The molecule has 1 saturated heterocycles. The molecule has 25 heavy (non-hydrogen) atoms. The summed E-state index contributed by atoms with van der Waals surface area (Å²) >= 11 is 0. The van der Waals surface area contributed by atoms with E-state index in [0.717, 1.165) is 5.56 Å². The number of halogens is 1. The fraction of sp³-hybridized carbons (Fsp3) is 0.444. The molecular weight excluding hydrogens is 325 g/mol. The number of aromatic nitrogens is 2. The van der Waals surface area contributed by atoms with Gasteiger partial charge in [-0.2, -0.15) is 5.10 Å². The zero-order valence-corrected chi connectivity index (χ0v) is 14.6. The average Bonchev–Trinajstić information content (AvgIpc) is 2.92. The fourth-order valence-electron chi connectivity index (χ4n) is 2.73. The van der Waals surface area contributed by atoms with E-state index in [4.69, 9.17) is 4.74 Å². The molecule has 0 unspecified atom stereocenters. The predicted molar refractivity (Wildman–Crippen MR) is 90.6 cm³/mol. The van der Waals surface area contributed by atoms with Crippen LogP contribution >= 0.6 is 0 Å². The van der Waals surface area contributed by atoms with Crippen molar-refractivity contribution in [3.8, 4) is 16.9 Å². The van der Waals surface area contributed by atoms with E-state index < -0.39 is 11.4 Å². The van der Waals surface area contributed by atoms with E-state index in [9.17, 15) is 14.3 Å². The summed E-state index contributed by atoms with van der Waals surface area (Å²) in [7, 11) is 0. The number of likely N-dealkylation sites (tertiary alicyclic amines) is 1. The van der Waals surface area contributed by atoms with Crippen LogP contribution in [-0.2, 0) is 11.3 Å². The molecule has 6 nitrogen and oxygen atoms in total. The number of amides is 1. The van der Waals surface area contributed by atoms with Crippen molar-refractivity contribution in [1.82, 2.24) is 14.7 Å². The summed E-state index contributed by atoms with van der Waals surface area (Å²) in [6.07, 6.45) is 3.24. The van der Waals surface area contributed by atoms with Gasteiger partial charge in [0, 0.05) is 37.3 Å². The molecule has 0 bridgehead atoms. The molecule has 134 valence electrons. The van der Waals surface area contributed by atoms with Crippen LogP contribution in [0.2, 0.25) is 0 Å². The molecule has 1 aliphatic rings. The van der Waals surface area contributed by atoms with Crippen LogP contribution < -0.4 is 0 Å². The molecule has 0 saturated carbocycles. The average molecular weight is 347 g/mol. The summed E-state index contributed by atoms with van der Waals surface area (Å²) in [5.74, 6) is -0.702. The Morgan fingerprint density at radius 3 is 2.72 bits per heavy atom. The lowest BCUT2D eigenvalue weighted by atomic mass is 10.0. The molecule has 2 heterocycles. The van der Waals surface area contributed by atoms with Crippen LogP contribution in [-0.4, -0.2) is 44.6 Å². The Morgan fingerprint density at radius 2 is 2.08 bits per heavy atom.